The van der Waals surface area contributed by atoms with E-state index in [1.807, 2.05) is 0 Å². The van der Waals surface area contributed by atoms with Crippen molar-refractivity contribution in [2.24, 2.45) is 0 Å². The zero-order valence-electron chi connectivity index (χ0n) is 9.81. The molecule has 1 N–H and O–H groups in total. The number of rotatable bonds is 2. The number of carbonyl (C=O) groups excluding carboxylic acids is 1. The van der Waals surface area contributed by atoms with Gasteiger partial charge in [-0.1, -0.05) is 0 Å². The predicted octanol–water partition coefficient (Wildman–Crippen LogP) is -0.264. The van der Waals surface area contributed by atoms with Gasteiger partial charge >= 0.3 is 11.8 Å². The fraction of sp³-hybridized carbons (Fsp3) is 0.900. The van der Waals surface area contributed by atoms with Crippen LogP contribution in [0.15, 0.2) is 0 Å². The highest BCUT2D eigenvalue weighted by molar-refractivity contribution is 5.79. The fourth-order valence-electron chi connectivity index (χ4n) is 2.18. The molecule has 0 saturated carbocycles. The van der Waals surface area contributed by atoms with Crippen molar-refractivity contribution in [1.82, 2.24) is 0 Å². The first-order valence-electron chi connectivity index (χ1n) is 5.24. The standard InChI is InChI=1S/C10H15FO6/c1-9(2)16-7-6(12)5(4-11)15-10(7,17-9)8(13)14-3/h5-7,12H,4H2,1-3H3/t5-,6+,7-,10+/m0/s1. The fourth-order valence-corrected chi connectivity index (χ4v) is 2.18. The van der Waals surface area contributed by atoms with E-state index in [4.69, 9.17) is 14.2 Å². The molecule has 2 aliphatic rings. The van der Waals surface area contributed by atoms with Crippen LogP contribution >= 0.6 is 0 Å². The van der Waals surface area contributed by atoms with Crippen LogP contribution in [-0.4, -0.2) is 54.7 Å². The highest BCUT2D eigenvalue weighted by Gasteiger charge is 2.69. The van der Waals surface area contributed by atoms with Crippen LogP contribution in [0, 0.1) is 0 Å². The number of halogens is 1. The summed E-state index contributed by atoms with van der Waals surface area (Å²) in [6, 6.07) is 0. The molecule has 7 heteroatoms. The second-order valence-corrected chi connectivity index (χ2v) is 4.50. The molecule has 0 amide bonds. The summed E-state index contributed by atoms with van der Waals surface area (Å²) in [6.45, 7) is 2.19. The van der Waals surface area contributed by atoms with Crippen molar-refractivity contribution in [3.63, 3.8) is 0 Å². The summed E-state index contributed by atoms with van der Waals surface area (Å²) in [4.78, 5) is 11.7. The van der Waals surface area contributed by atoms with Crippen LogP contribution in [0.4, 0.5) is 4.39 Å². The summed E-state index contributed by atoms with van der Waals surface area (Å²) >= 11 is 0. The molecule has 2 saturated heterocycles. The minimum Gasteiger partial charge on any atom is -0.465 e. The maximum atomic E-state index is 12.6. The molecular weight excluding hydrogens is 235 g/mol. The van der Waals surface area contributed by atoms with Crippen molar-refractivity contribution in [2.75, 3.05) is 13.8 Å². The summed E-state index contributed by atoms with van der Waals surface area (Å²) < 4.78 is 33.1. The largest absolute Gasteiger partial charge is 0.465 e. The molecule has 0 aromatic heterocycles. The molecule has 2 rings (SSSR count). The molecule has 0 aromatic rings. The lowest BCUT2D eigenvalue weighted by Crippen LogP contribution is -2.48. The van der Waals surface area contributed by atoms with E-state index in [1.165, 1.54) is 0 Å². The number of methoxy groups -OCH3 is 1. The Morgan fingerprint density at radius 2 is 2.12 bits per heavy atom. The van der Waals surface area contributed by atoms with Crippen molar-refractivity contribution in [1.29, 1.82) is 0 Å². The summed E-state index contributed by atoms with van der Waals surface area (Å²) in [5, 5.41) is 9.82. The molecular formula is C10H15FO6. The summed E-state index contributed by atoms with van der Waals surface area (Å²) in [6.07, 6.45) is -3.53. The highest BCUT2D eigenvalue weighted by atomic mass is 19.1. The van der Waals surface area contributed by atoms with Crippen LogP contribution in [0.2, 0.25) is 0 Å². The molecule has 0 spiro atoms. The monoisotopic (exact) mass is 250 g/mol. The van der Waals surface area contributed by atoms with Crippen LogP contribution in [0.3, 0.4) is 0 Å². The zero-order chi connectivity index (χ0) is 12.8. The Kier molecular flexibility index (Phi) is 2.89. The molecule has 0 aliphatic carbocycles. The third-order valence-electron chi connectivity index (χ3n) is 2.82. The average Bonchev–Trinajstić information content (AvgIpc) is 2.68. The number of fused-ring (bicyclic) bond motifs is 1. The van der Waals surface area contributed by atoms with E-state index < -0.39 is 42.5 Å². The van der Waals surface area contributed by atoms with Gasteiger partial charge in [-0.15, -0.1) is 0 Å². The Hall–Kier alpha value is -0.760. The maximum Gasteiger partial charge on any atom is 0.369 e. The van der Waals surface area contributed by atoms with Gasteiger partial charge in [0, 0.05) is 0 Å². The number of aliphatic hydroxyl groups is 1. The van der Waals surface area contributed by atoms with Crippen molar-refractivity contribution in [3.05, 3.63) is 0 Å². The van der Waals surface area contributed by atoms with Gasteiger partial charge in [0.15, 0.2) is 11.9 Å². The predicted molar refractivity (Wildman–Crippen MR) is 51.6 cm³/mol. The molecule has 98 valence electrons. The van der Waals surface area contributed by atoms with Gasteiger partial charge in [-0.2, -0.15) is 0 Å². The number of hydrogen-bond donors (Lipinski definition) is 1. The number of aliphatic hydroxyl groups excluding tert-OH is 1. The van der Waals surface area contributed by atoms with Crippen molar-refractivity contribution in [2.45, 2.75) is 43.7 Å². The molecule has 0 unspecified atom stereocenters. The van der Waals surface area contributed by atoms with Gasteiger partial charge in [-0.25, -0.2) is 9.18 Å². The molecule has 2 heterocycles. The lowest BCUT2D eigenvalue weighted by atomic mass is 10.1. The Morgan fingerprint density at radius 1 is 1.47 bits per heavy atom. The summed E-state index contributed by atoms with van der Waals surface area (Å²) in [7, 11) is 1.15. The Bertz CT molecular complexity index is 333. The van der Waals surface area contributed by atoms with E-state index in [0.29, 0.717) is 0 Å². The van der Waals surface area contributed by atoms with Gasteiger partial charge in [0.05, 0.1) is 7.11 Å². The first-order chi connectivity index (χ1) is 7.86. The molecule has 0 bridgehead atoms. The van der Waals surface area contributed by atoms with Gasteiger partial charge in [-0.05, 0) is 13.8 Å². The smallest absolute Gasteiger partial charge is 0.369 e. The SMILES string of the molecule is COC(=O)[C@@]12O[C@@H](CF)[C@@H](O)[C@@H]1OC(C)(C)O2. The third kappa shape index (κ3) is 1.74. The zero-order valence-corrected chi connectivity index (χ0v) is 9.81. The maximum absolute atomic E-state index is 12.6. The summed E-state index contributed by atoms with van der Waals surface area (Å²) in [5.41, 5.74) is 0. The number of esters is 1. The molecule has 0 radical (unpaired) electrons. The molecule has 6 nitrogen and oxygen atoms in total. The van der Waals surface area contributed by atoms with E-state index in [1.54, 1.807) is 13.8 Å². The highest BCUT2D eigenvalue weighted by Crippen LogP contribution is 2.46. The Labute approximate surface area is 97.6 Å². The molecule has 4 atom stereocenters. The van der Waals surface area contributed by atoms with Crippen molar-refractivity contribution in [3.8, 4) is 0 Å². The van der Waals surface area contributed by atoms with Gasteiger partial charge < -0.3 is 24.1 Å². The topological polar surface area (TPSA) is 74.2 Å². The van der Waals surface area contributed by atoms with Crippen LogP contribution in [0.1, 0.15) is 13.8 Å². The minimum atomic E-state index is -1.88. The summed E-state index contributed by atoms with van der Waals surface area (Å²) in [5.74, 6) is -3.83. The normalized spacial score (nSPS) is 43.5. The molecule has 2 fully saturated rings. The second-order valence-electron chi connectivity index (χ2n) is 4.50. The Balaban J connectivity index is 2.34. The first kappa shape index (κ1) is 12.7. The molecule has 0 aromatic carbocycles. The van der Waals surface area contributed by atoms with E-state index >= 15 is 0 Å². The van der Waals surface area contributed by atoms with Crippen molar-refractivity contribution < 1.29 is 33.2 Å². The Morgan fingerprint density at radius 3 is 2.65 bits per heavy atom. The molecule has 17 heavy (non-hydrogen) atoms. The van der Waals surface area contributed by atoms with Gasteiger partial charge in [-0.3, -0.25) is 0 Å². The lowest BCUT2D eigenvalue weighted by molar-refractivity contribution is -0.265. The van der Waals surface area contributed by atoms with E-state index in [2.05, 4.69) is 4.74 Å². The van der Waals surface area contributed by atoms with E-state index in [-0.39, 0.29) is 0 Å². The van der Waals surface area contributed by atoms with Gasteiger partial charge in [0.25, 0.3) is 0 Å². The van der Waals surface area contributed by atoms with Crippen LogP contribution in [-0.2, 0) is 23.7 Å². The van der Waals surface area contributed by atoms with Crippen LogP contribution in [0.5, 0.6) is 0 Å². The first-order valence-corrected chi connectivity index (χ1v) is 5.24. The van der Waals surface area contributed by atoms with E-state index in [9.17, 15) is 14.3 Å². The number of carbonyl (C=O) groups is 1. The second kappa shape index (κ2) is 3.88. The van der Waals surface area contributed by atoms with Crippen LogP contribution < -0.4 is 0 Å². The lowest BCUT2D eigenvalue weighted by Gasteiger charge is -2.25. The quantitative estimate of drug-likeness (QED) is 0.680. The van der Waals surface area contributed by atoms with Gasteiger partial charge in [0.2, 0.25) is 0 Å². The number of hydrogen-bond acceptors (Lipinski definition) is 6. The number of ether oxygens (including phenoxy) is 4. The average molecular weight is 250 g/mol. The van der Waals surface area contributed by atoms with E-state index in [0.717, 1.165) is 7.11 Å². The molecule has 2 aliphatic heterocycles. The minimum absolute atomic E-state index is 0.844. The van der Waals surface area contributed by atoms with Crippen LogP contribution in [0.25, 0.3) is 0 Å². The number of alkyl halides is 1. The third-order valence-corrected chi connectivity index (χ3v) is 2.82. The van der Waals surface area contributed by atoms with Gasteiger partial charge in [0.1, 0.15) is 18.9 Å². The van der Waals surface area contributed by atoms with Crippen molar-refractivity contribution >= 4 is 5.97 Å².